The van der Waals surface area contributed by atoms with Crippen molar-refractivity contribution in [1.82, 2.24) is 4.98 Å². The lowest BCUT2D eigenvalue weighted by Crippen LogP contribution is -2.20. The number of benzene rings is 3. The zero-order valence-corrected chi connectivity index (χ0v) is 19.4. The van der Waals surface area contributed by atoms with Gasteiger partial charge in [-0.2, -0.15) is 0 Å². The maximum Gasteiger partial charge on any atom is 0.323 e. The third-order valence-corrected chi connectivity index (χ3v) is 5.76. The predicted octanol–water partition coefficient (Wildman–Crippen LogP) is 6.62. The van der Waals surface area contributed by atoms with Crippen molar-refractivity contribution in [3.8, 4) is 0 Å². The van der Waals surface area contributed by atoms with Crippen LogP contribution < -0.4 is 21.3 Å². The third kappa shape index (κ3) is 5.03. The Morgan fingerprint density at radius 2 is 1.65 bits per heavy atom. The fourth-order valence-corrected chi connectivity index (χ4v) is 3.90. The lowest BCUT2D eigenvalue weighted by molar-refractivity contribution is -0.110. The molecule has 3 amide bonds. The van der Waals surface area contributed by atoms with Gasteiger partial charge in [0.2, 0.25) is 0 Å². The molecule has 0 bridgehead atoms. The van der Waals surface area contributed by atoms with Crippen molar-refractivity contribution >= 4 is 52.0 Å². The van der Waals surface area contributed by atoms with E-state index in [0.29, 0.717) is 40.5 Å². The topological polar surface area (TPSA) is 98.0 Å². The Bertz CT molecular complexity index is 1560. The SMILES string of the molecule is Cc1ccc(NC(=O)Nc2cc(F)c(F)cc2F)cc1Nc1ccc2c(c1)NC(=O)C2=Cc1ccc[nH]1. The fourth-order valence-electron chi connectivity index (χ4n) is 3.90. The van der Waals surface area contributed by atoms with Crippen molar-refractivity contribution < 1.29 is 22.8 Å². The summed E-state index contributed by atoms with van der Waals surface area (Å²) in [6.45, 7) is 1.87. The number of rotatable bonds is 5. The molecule has 186 valence electrons. The normalized spacial score (nSPS) is 13.3. The number of nitrogens with one attached hydrogen (secondary N) is 5. The van der Waals surface area contributed by atoms with Crippen molar-refractivity contribution in [2.24, 2.45) is 0 Å². The number of amides is 3. The van der Waals surface area contributed by atoms with Crippen LogP contribution in [0.4, 0.5) is 46.4 Å². The van der Waals surface area contributed by atoms with Crippen LogP contribution in [0.15, 0.2) is 66.9 Å². The summed E-state index contributed by atoms with van der Waals surface area (Å²) in [7, 11) is 0. The smallest absolute Gasteiger partial charge is 0.323 e. The van der Waals surface area contributed by atoms with Crippen LogP contribution in [0.1, 0.15) is 16.8 Å². The molecule has 4 aromatic rings. The molecule has 1 aromatic heterocycles. The zero-order chi connectivity index (χ0) is 26.1. The third-order valence-electron chi connectivity index (χ3n) is 5.76. The van der Waals surface area contributed by atoms with E-state index in [4.69, 9.17) is 0 Å². The van der Waals surface area contributed by atoms with Gasteiger partial charge < -0.3 is 26.3 Å². The van der Waals surface area contributed by atoms with E-state index in [1.807, 2.05) is 31.2 Å². The molecule has 0 unspecified atom stereocenters. The van der Waals surface area contributed by atoms with Gasteiger partial charge >= 0.3 is 6.03 Å². The van der Waals surface area contributed by atoms with Gasteiger partial charge in [0, 0.05) is 46.6 Å². The Morgan fingerprint density at radius 1 is 0.865 bits per heavy atom. The number of carbonyl (C=O) groups excluding carboxylic acids is 2. The molecule has 0 atom stereocenters. The molecule has 0 fully saturated rings. The molecule has 1 aliphatic rings. The van der Waals surface area contributed by atoms with E-state index >= 15 is 0 Å². The van der Waals surface area contributed by atoms with Gasteiger partial charge in [-0.05, 0) is 55.0 Å². The van der Waals surface area contributed by atoms with Gasteiger partial charge in [-0.3, -0.25) is 4.79 Å². The number of hydrogen-bond acceptors (Lipinski definition) is 3. The number of aromatic nitrogens is 1. The fraction of sp³-hybridized carbons (Fsp3) is 0.0370. The first kappa shape index (κ1) is 23.7. The standard InChI is InChI=1S/C27H20F3N5O2/c1-14-4-5-17(33-27(37)35-25-13-21(29)20(28)12-22(25)30)10-23(14)32-16-6-7-18-19(9-15-3-2-8-31-15)26(36)34-24(18)11-16/h2-13,31-32H,1H3,(H,34,36)(H2,33,35,37). The van der Waals surface area contributed by atoms with Gasteiger partial charge in [-0.1, -0.05) is 12.1 Å². The highest BCUT2D eigenvalue weighted by atomic mass is 19.2. The van der Waals surface area contributed by atoms with Crippen molar-refractivity contribution in [2.45, 2.75) is 6.92 Å². The van der Waals surface area contributed by atoms with Crippen LogP contribution in [0.3, 0.4) is 0 Å². The van der Waals surface area contributed by atoms with Crippen molar-refractivity contribution in [1.29, 1.82) is 0 Å². The molecule has 3 aromatic carbocycles. The summed E-state index contributed by atoms with van der Waals surface area (Å²) in [6.07, 6.45) is 3.56. The molecular weight excluding hydrogens is 483 g/mol. The summed E-state index contributed by atoms with van der Waals surface area (Å²) < 4.78 is 40.4. The van der Waals surface area contributed by atoms with Gasteiger partial charge in [0.25, 0.3) is 5.91 Å². The molecule has 37 heavy (non-hydrogen) atoms. The number of H-pyrrole nitrogens is 1. The van der Waals surface area contributed by atoms with Gasteiger partial charge in [0.1, 0.15) is 5.82 Å². The van der Waals surface area contributed by atoms with E-state index in [9.17, 15) is 22.8 Å². The Hall–Kier alpha value is -4.99. The molecule has 0 radical (unpaired) electrons. The summed E-state index contributed by atoms with van der Waals surface area (Å²) in [5.74, 6) is -3.94. The highest BCUT2D eigenvalue weighted by Gasteiger charge is 2.24. The maximum atomic E-state index is 13.8. The Morgan fingerprint density at radius 3 is 2.43 bits per heavy atom. The lowest BCUT2D eigenvalue weighted by Gasteiger charge is -2.14. The highest BCUT2D eigenvalue weighted by molar-refractivity contribution is 6.35. The van der Waals surface area contributed by atoms with E-state index in [-0.39, 0.29) is 5.91 Å². The van der Waals surface area contributed by atoms with Gasteiger partial charge in [-0.25, -0.2) is 18.0 Å². The first-order chi connectivity index (χ1) is 17.8. The van der Waals surface area contributed by atoms with Crippen LogP contribution in [0.2, 0.25) is 0 Å². The van der Waals surface area contributed by atoms with Crippen LogP contribution in [0.25, 0.3) is 11.6 Å². The quantitative estimate of drug-likeness (QED) is 0.156. The van der Waals surface area contributed by atoms with Crippen molar-refractivity contribution in [3.63, 3.8) is 0 Å². The Balaban J connectivity index is 1.32. The minimum atomic E-state index is -1.35. The molecule has 5 N–H and O–H groups in total. The van der Waals surface area contributed by atoms with Crippen molar-refractivity contribution in [3.05, 3.63) is 101 Å². The van der Waals surface area contributed by atoms with E-state index < -0.39 is 29.2 Å². The van der Waals surface area contributed by atoms with Crippen LogP contribution in [0.5, 0.6) is 0 Å². The molecule has 5 rings (SSSR count). The van der Waals surface area contributed by atoms with Crippen molar-refractivity contribution in [2.75, 3.05) is 21.3 Å². The molecule has 0 aliphatic carbocycles. The lowest BCUT2D eigenvalue weighted by atomic mass is 10.1. The van der Waals surface area contributed by atoms with Crippen LogP contribution in [-0.2, 0) is 4.79 Å². The van der Waals surface area contributed by atoms with Gasteiger partial charge in [0.05, 0.1) is 16.9 Å². The first-order valence-electron chi connectivity index (χ1n) is 11.2. The number of urea groups is 1. The summed E-state index contributed by atoms with van der Waals surface area (Å²) in [5.41, 5.74) is 4.93. The summed E-state index contributed by atoms with van der Waals surface area (Å²) in [6, 6.07) is 14.4. The molecule has 7 nitrogen and oxygen atoms in total. The summed E-state index contributed by atoms with van der Waals surface area (Å²) in [5, 5.41) is 10.8. The van der Waals surface area contributed by atoms with Gasteiger partial charge in [-0.15, -0.1) is 0 Å². The second kappa shape index (κ2) is 9.57. The largest absolute Gasteiger partial charge is 0.362 e. The molecule has 0 saturated heterocycles. The minimum absolute atomic E-state index is 0.201. The maximum absolute atomic E-state index is 13.8. The number of fused-ring (bicyclic) bond motifs is 1. The molecule has 1 aliphatic heterocycles. The average molecular weight is 503 g/mol. The molecule has 2 heterocycles. The summed E-state index contributed by atoms with van der Waals surface area (Å²) >= 11 is 0. The highest BCUT2D eigenvalue weighted by Crippen LogP contribution is 2.36. The first-order valence-corrected chi connectivity index (χ1v) is 11.2. The van der Waals surface area contributed by atoms with Crippen LogP contribution in [0, 0.1) is 24.4 Å². The molecule has 0 spiro atoms. The minimum Gasteiger partial charge on any atom is -0.362 e. The molecule has 0 saturated carbocycles. The van der Waals surface area contributed by atoms with Gasteiger partial charge in [0.15, 0.2) is 11.6 Å². The number of aromatic amines is 1. The predicted molar refractivity (Wildman–Crippen MR) is 137 cm³/mol. The Kier molecular flexibility index (Phi) is 6.14. The van der Waals surface area contributed by atoms with E-state index in [0.717, 1.165) is 16.8 Å². The van der Waals surface area contributed by atoms with Crippen LogP contribution >= 0.6 is 0 Å². The second-order valence-corrected chi connectivity index (χ2v) is 8.38. The number of anilines is 5. The Labute approximate surface area is 209 Å². The molecular formula is C27H20F3N5O2. The number of hydrogen-bond donors (Lipinski definition) is 5. The number of aryl methyl sites for hydroxylation is 1. The van der Waals surface area contributed by atoms with E-state index in [1.165, 1.54) is 0 Å². The average Bonchev–Trinajstić information content (AvgIpc) is 3.47. The van der Waals surface area contributed by atoms with E-state index in [2.05, 4.69) is 26.3 Å². The summed E-state index contributed by atoms with van der Waals surface area (Å²) in [4.78, 5) is 27.9. The number of halogens is 3. The monoisotopic (exact) mass is 503 g/mol. The number of carbonyl (C=O) groups is 2. The zero-order valence-electron chi connectivity index (χ0n) is 19.4. The molecule has 10 heteroatoms. The second-order valence-electron chi connectivity index (χ2n) is 8.38. The van der Waals surface area contributed by atoms with E-state index in [1.54, 1.807) is 36.5 Å². The van der Waals surface area contributed by atoms with Crippen LogP contribution in [-0.4, -0.2) is 16.9 Å².